The zero-order valence-electron chi connectivity index (χ0n) is 7.64. The van der Waals surface area contributed by atoms with Crippen molar-refractivity contribution in [3.05, 3.63) is 10.8 Å². The molecular formula is C9H17NS2. The van der Waals surface area contributed by atoms with Crippen LogP contribution in [0.15, 0.2) is 10.8 Å². The van der Waals surface area contributed by atoms with E-state index in [-0.39, 0.29) is 0 Å². The van der Waals surface area contributed by atoms with Gasteiger partial charge in [-0.25, -0.2) is 0 Å². The highest BCUT2D eigenvalue weighted by atomic mass is 32.2. The van der Waals surface area contributed by atoms with E-state index in [4.69, 9.17) is 0 Å². The minimum absolute atomic E-state index is 0.729. The topological polar surface area (TPSA) is 12.0 Å². The summed E-state index contributed by atoms with van der Waals surface area (Å²) in [6, 6.07) is 0.729. The Balaban J connectivity index is 2.09. The molecule has 3 heteroatoms. The molecule has 0 bridgehead atoms. The molecule has 1 nitrogen and oxygen atoms in total. The zero-order valence-corrected chi connectivity index (χ0v) is 9.27. The van der Waals surface area contributed by atoms with Crippen LogP contribution in [-0.4, -0.2) is 12.3 Å². The SMILES string of the molecule is C=C(SC)SNC1CCCCC1. The zero-order chi connectivity index (χ0) is 8.81. The molecule has 0 unspecified atom stereocenters. The average Bonchev–Trinajstić information content (AvgIpc) is 2.16. The molecule has 70 valence electrons. The Morgan fingerprint density at radius 2 is 2.00 bits per heavy atom. The molecule has 12 heavy (non-hydrogen) atoms. The molecule has 0 atom stereocenters. The smallest absolute Gasteiger partial charge is 0.0481 e. The van der Waals surface area contributed by atoms with E-state index >= 15 is 0 Å². The summed E-state index contributed by atoms with van der Waals surface area (Å²) in [5.74, 6) is 0. The van der Waals surface area contributed by atoms with Gasteiger partial charge in [0.1, 0.15) is 0 Å². The monoisotopic (exact) mass is 203 g/mol. The Morgan fingerprint density at radius 1 is 1.33 bits per heavy atom. The van der Waals surface area contributed by atoms with Crippen LogP contribution in [0.2, 0.25) is 0 Å². The molecule has 1 rings (SSSR count). The molecule has 1 saturated carbocycles. The quantitative estimate of drug-likeness (QED) is 0.703. The molecule has 0 heterocycles. The summed E-state index contributed by atoms with van der Waals surface area (Å²) >= 11 is 3.42. The first-order valence-electron chi connectivity index (χ1n) is 4.48. The third-order valence-electron chi connectivity index (χ3n) is 2.17. The Kier molecular flexibility index (Phi) is 5.19. The van der Waals surface area contributed by atoms with Crippen molar-refractivity contribution in [1.82, 2.24) is 4.72 Å². The van der Waals surface area contributed by atoms with Gasteiger partial charge in [-0.2, -0.15) is 0 Å². The van der Waals surface area contributed by atoms with Crippen LogP contribution in [0.1, 0.15) is 32.1 Å². The second-order valence-corrected chi connectivity index (χ2v) is 5.22. The Bertz CT molecular complexity index is 141. The highest BCUT2D eigenvalue weighted by Crippen LogP contribution is 2.25. The van der Waals surface area contributed by atoms with Crippen LogP contribution < -0.4 is 4.72 Å². The molecule has 0 aliphatic heterocycles. The van der Waals surface area contributed by atoms with Gasteiger partial charge < -0.3 is 0 Å². The van der Waals surface area contributed by atoms with Gasteiger partial charge in [-0.05, 0) is 31.0 Å². The fraction of sp³-hybridized carbons (Fsp3) is 0.778. The Morgan fingerprint density at radius 3 is 2.58 bits per heavy atom. The van der Waals surface area contributed by atoms with E-state index in [1.54, 1.807) is 23.7 Å². The minimum Gasteiger partial charge on any atom is -0.256 e. The van der Waals surface area contributed by atoms with Gasteiger partial charge in [0.2, 0.25) is 0 Å². The molecule has 1 N–H and O–H groups in total. The van der Waals surface area contributed by atoms with E-state index < -0.39 is 0 Å². The molecule has 1 aliphatic rings. The molecule has 1 fully saturated rings. The van der Waals surface area contributed by atoms with Crippen molar-refractivity contribution in [2.24, 2.45) is 0 Å². The summed E-state index contributed by atoms with van der Waals surface area (Å²) in [5, 5.41) is 0. The lowest BCUT2D eigenvalue weighted by Gasteiger charge is -2.22. The summed E-state index contributed by atoms with van der Waals surface area (Å²) in [6.45, 7) is 3.92. The highest BCUT2D eigenvalue weighted by Gasteiger charge is 2.12. The Labute approximate surface area is 83.9 Å². The standard InChI is InChI=1S/C9H17NS2/c1-8(11-2)12-10-9-6-4-3-5-7-9/h9-10H,1,3-7H2,2H3. The lowest BCUT2D eigenvalue weighted by atomic mass is 9.96. The molecule has 0 aromatic carbocycles. The summed E-state index contributed by atoms with van der Waals surface area (Å²) in [5.41, 5.74) is 0. The minimum atomic E-state index is 0.729. The van der Waals surface area contributed by atoms with Crippen molar-refractivity contribution in [3.63, 3.8) is 0 Å². The first-order valence-corrected chi connectivity index (χ1v) is 6.52. The second kappa shape index (κ2) is 5.95. The number of thioether (sulfide) groups is 1. The van der Waals surface area contributed by atoms with Crippen molar-refractivity contribution in [2.75, 3.05) is 6.26 Å². The van der Waals surface area contributed by atoms with Crippen molar-refractivity contribution in [1.29, 1.82) is 0 Å². The predicted octanol–water partition coefficient (Wildman–Crippen LogP) is 3.39. The molecule has 0 saturated heterocycles. The highest BCUT2D eigenvalue weighted by molar-refractivity contribution is 8.21. The maximum atomic E-state index is 3.92. The maximum absolute atomic E-state index is 3.92. The van der Waals surface area contributed by atoms with Gasteiger partial charge in [-0.3, -0.25) is 4.72 Å². The van der Waals surface area contributed by atoms with Crippen LogP contribution in [0.25, 0.3) is 0 Å². The lowest BCUT2D eigenvalue weighted by Crippen LogP contribution is -2.25. The van der Waals surface area contributed by atoms with Gasteiger partial charge in [0, 0.05) is 10.3 Å². The van der Waals surface area contributed by atoms with Crippen LogP contribution in [0.5, 0.6) is 0 Å². The van der Waals surface area contributed by atoms with E-state index in [9.17, 15) is 0 Å². The van der Waals surface area contributed by atoms with Crippen molar-refractivity contribution < 1.29 is 0 Å². The summed E-state index contributed by atoms with van der Waals surface area (Å²) in [4.78, 5) is 0. The van der Waals surface area contributed by atoms with Crippen molar-refractivity contribution in [2.45, 2.75) is 38.1 Å². The van der Waals surface area contributed by atoms with Crippen LogP contribution in [0.3, 0.4) is 0 Å². The van der Waals surface area contributed by atoms with Crippen LogP contribution in [-0.2, 0) is 0 Å². The van der Waals surface area contributed by atoms with Crippen LogP contribution in [0.4, 0.5) is 0 Å². The third-order valence-corrected chi connectivity index (χ3v) is 4.06. The largest absolute Gasteiger partial charge is 0.256 e. The van der Waals surface area contributed by atoms with E-state index in [1.165, 1.54) is 36.3 Å². The molecule has 0 spiro atoms. The third kappa shape index (κ3) is 3.87. The number of rotatable bonds is 4. The molecule has 0 amide bonds. The molecule has 0 aromatic heterocycles. The van der Waals surface area contributed by atoms with Crippen LogP contribution >= 0.6 is 23.7 Å². The van der Waals surface area contributed by atoms with Crippen molar-refractivity contribution >= 4 is 23.7 Å². The van der Waals surface area contributed by atoms with E-state index in [2.05, 4.69) is 17.6 Å². The van der Waals surface area contributed by atoms with Gasteiger partial charge in [-0.1, -0.05) is 25.8 Å². The second-order valence-electron chi connectivity index (χ2n) is 3.13. The summed E-state index contributed by atoms with van der Waals surface area (Å²) < 4.78 is 4.64. The van der Waals surface area contributed by atoms with Gasteiger partial charge in [-0.15, -0.1) is 11.8 Å². The first kappa shape index (κ1) is 10.5. The number of hydrogen-bond acceptors (Lipinski definition) is 3. The predicted molar refractivity (Wildman–Crippen MR) is 60.3 cm³/mol. The fourth-order valence-corrected chi connectivity index (χ4v) is 2.42. The van der Waals surface area contributed by atoms with Gasteiger partial charge in [0.25, 0.3) is 0 Å². The average molecular weight is 203 g/mol. The Hall–Kier alpha value is 0.400. The van der Waals surface area contributed by atoms with E-state index in [0.29, 0.717) is 0 Å². The van der Waals surface area contributed by atoms with E-state index in [0.717, 1.165) is 6.04 Å². The van der Waals surface area contributed by atoms with Crippen LogP contribution in [0, 0.1) is 0 Å². The molecule has 1 aliphatic carbocycles. The maximum Gasteiger partial charge on any atom is 0.0481 e. The fourth-order valence-electron chi connectivity index (χ4n) is 1.41. The van der Waals surface area contributed by atoms with Gasteiger partial charge in [0.15, 0.2) is 0 Å². The molecular weight excluding hydrogens is 186 g/mol. The lowest BCUT2D eigenvalue weighted by molar-refractivity contribution is 0.424. The summed E-state index contributed by atoms with van der Waals surface area (Å²) in [7, 11) is 0. The number of nitrogens with one attached hydrogen (secondary N) is 1. The molecule has 0 aromatic rings. The normalized spacial score (nSPS) is 19.4. The van der Waals surface area contributed by atoms with Crippen molar-refractivity contribution in [3.8, 4) is 0 Å². The first-order chi connectivity index (χ1) is 5.83. The van der Waals surface area contributed by atoms with E-state index in [1.807, 2.05) is 0 Å². The molecule has 0 radical (unpaired) electrons. The summed E-state index contributed by atoms with van der Waals surface area (Å²) in [6.07, 6.45) is 8.96. The van der Waals surface area contributed by atoms with Gasteiger partial charge in [0.05, 0.1) is 0 Å². The number of hydrogen-bond donors (Lipinski definition) is 1. The van der Waals surface area contributed by atoms with Gasteiger partial charge >= 0.3 is 0 Å².